The van der Waals surface area contributed by atoms with Crippen LogP contribution in [-0.4, -0.2) is 10.5 Å². The fraction of sp³-hybridized carbons (Fsp3) is 0.381. The van der Waals surface area contributed by atoms with Gasteiger partial charge in [0.05, 0.1) is 4.75 Å². The number of allylic oxidation sites excluding steroid dienone is 4. The van der Waals surface area contributed by atoms with E-state index in [2.05, 4.69) is 19.2 Å². The van der Waals surface area contributed by atoms with Crippen LogP contribution in [0.1, 0.15) is 40.5 Å². The van der Waals surface area contributed by atoms with Crippen LogP contribution in [0.4, 0.5) is 0 Å². The van der Waals surface area contributed by atoms with E-state index in [1.165, 1.54) is 0 Å². The molecule has 0 saturated carbocycles. The van der Waals surface area contributed by atoms with Crippen molar-refractivity contribution >= 4 is 17.5 Å². The fourth-order valence-electron chi connectivity index (χ4n) is 2.18. The van der Waals surface area contributed by atoms with Gasteiger partial charge in [-0.3, -0.25) is 4.79 Å². The quantitative estimate of drug-likeness (QED) is 0.303. The van der Waals surface area contributed by atoms with Gasteiger partial charge in [-0.2, -0.15) is 0 Å². The predicted octanol–water partition coefficient (Wildman–Crippen LogP) is 6.23. The van der Waals surface area contributed by atoms with Gasteiger partial charge in [0.2, 0.25) is 0 Å². The molecule has 1 rings (SSSR count). The summed E-state index contributed by atoms with van der Waals surface area (Å²) in [6, 6.07) is 10.1. The first-order valence-corrected chi connectivity index (χ1v) is 8.80. The van der Waals surface area contributed by atoms with E-state index in [-0.39, 0.29) is 11.7 Å². The number of Topliss-reactive ketones (excluding diaryl/α,β-unsaturated/α-hetero) is 1. The lowest BCUT2D eigenvalue weighted by atomic mass is 9.88. The summed E-state index contributed by atoms with van der Waals surface area (Å²) >= 11 is 1.63. The molecule has 0 aliphatic rings. The standard InChI is InChI=1S/C21H28OS/c1-7-17(4)13-14-18(16(2)3)15-20(22)21(5,6)23-19-11-9-8-10-12-19/h7-13,18H,1-2,14-15H2,3-6H3/b17-13+/t18-/m0/s1. The second-order valence-corrected chi connectivity index (χ2v) is 8.18. The van der Waals surface area contributed by atoms with Gasteiger partial charge >= 0.3 is 0 Å². The van der Waals surface area contributed by atoms with Gasteiger partial charge in [0, 0.05) is 11.3 Å². The third-order valence-corrected chi connectivity index (χ3v) is 5.21. The zero-order chi connectivity index (χ0) is 17.5. The predicted molar refractivity (Wildman–Crippen MR) is 103 cm³/mol. The van der Waals surface area contributed by atoms with Crippen LogP contribution >= 0.6 is 11.8 Å². The Kier molecular flexibility index (Phi) is 7.57. The van der Waals surface area contributed by atoms with E-state index in [0.717, 1.165) is 22.5 Å². The molecule has 0 aliphatic heterocycles. The lowest BCUT2D eigenvalue weighted by Gasteiger charge is -2.25. The minimum Gasteiger partial charge on any atom is -0.298 e. The molecule has 0 bridgehead atoms. The maximum absolute atomic E-state index is 12.8. The first-order chi connectivity index (χ1) is 10.8. The molecule has 124 valence electrons. The highest BCUT2D eigenvalue weighted by Crippen LogP contribution is 2.35. The maximum atomic E-state index is 12.8. The van der Waals surface area contributed by atoms with E-state index < -0.39 is 4.75 Å². The number of hydrogen-bond acceptors (Lipinski definition) is 2. The SMILES string of the molecule is C=C/C(C)=C/C[C@@H](CC(=O)C(C)(C)Sc1ccccc1)C(=C)C. The van der Waals surface area contributed by atoms with E-state index in [1.807, 2.05) is 64.1 Å². The Labute approximate surface area is 145 Å². The third kappa shape index (κ3) is 6.62. The molecule has 0 fully saturated rings. The summed E-state index contributed by atoms with van der Waals surface area (Å²) in [6.45, 7) is 15.9. The molecule has 0 saturated heterocycles. The van der Waals surface area contributed by atoms with Crippen LogP contribution in [-0.2, 0) is 4.79 Å². The summed E-state index contributed by atoms with van der Waals surface area (Å²) in [6.07, 6.45) is 5.34. The van der Waals surface area contributed by atoms with Crippen LogP contribution in [0, 0.1) is 5.92 Å². The van der Waals surface area contributed by atoms with Crippen LogP contribution in [0.25, 0.3) is 0 Å². The molecular weight excluding hydrogens is 300 g/mol. The average Bonchev–Trinajstić information content (AvgIpc) is 2.50. The summed E-state index contributed by atoms with van der Waals surface area (Å²) in [5, 5.41) is 0. The average molecular weight is 329 g/mol. The molecule has 1 nitrogen and oxygen atoms in total. The van der Waals surface area contributed by atoms with E-state index >= 15 is 0 Å². The molecule has 1 aromatic carbocycles. The number of carbonyl (C=O) groups excluding carboxylic acids is 1. The zero-order valence-electron chi connectivity index (χ0n) is 14.8. The molecule has 1 atom stereocenters. The number of ketones is 1. The van der Waals surface area contributed by atoms with E-state index in [0.29, 0.717) is 6.42 Å². The van der Waals surface area contributed by atoms with Gasteiger partial charge in [0.25, 0.3) is 0 Å². The van der Waals surface area contributed by atoms with Crippen LogP contribution in [0.2, 0.25) is 0 Å². The fourth-order valence-corrected chi connectivity index (χ4v) is 3.26. The Morgan fingerprint density at radius 2 is 1.87 bits per heavy atom. The largest absolute Gasteiger partial charge is 0.298 e. The summed E-state index contributed by atoms with van der Waals surface area (Å²) < 4.78 is -0.438. The minimum atomic E-state index is -0.438. The highest BCUT2D eigenvalue weighted by molar-refractivity contribution is 8.01. The Bertz CT molecular complexity index is 581. The molecule has 0 aromatic heterocycles. The van der Waals surface area contributed by atoms with Crippen molar-refractivity contribution in [3.63, 3.8) is 0 Å². The van der Waals surface area contributed by atoms with Crippen molar-refractivity contribution in [1.29, 1.82) is 0 Å². The van der Waals surface area contributed by atoms with E-state index in [4.69, 9.17) is 0 Å². The summed E-state index contributed by atoms with van der Waals surface area (Å²) in [5.74, 6) is 0.456. The Hall–Kier alpha value is -1.54. The summed E-state index contributed by atoms with van der Waals surface area (Å²) in [4.78, 5) is 13.9. The molecule has 0 unspecified atom stereocenters. The molecule has 23 heavy (non-hydrogen) atoms. The normalized spacial score (nSPS) is 13.5. The van der Waals surface area contributed by atoms with Gasteiger partial charge in [-0.25, -0.2) is 0 Å². The van der Waals surface area contributed by atoms with Crippen molar-refractivity contribution in [3.8, 4) is 0 Å². The van der Waals surface area contributed by atoms with Crippen molar-refractivity contribution in [3.05, 3.63) is 66.8 Å². The first kappa shape index (κ1) is 19.5. The van der Waals surface area contributed by atoms with Crippen LogP contribution < -0.4 is 0 Å². The maximum Gasteiger partial charge on any atom is 0.149 e. The van der Waals surface area contributed by atoms with Crippen LogP contribution in [0.3, 0.4) is 0 Å². The molecule has 0 spiro atoms. The Balaban J connectivity index is 2.76. The lowest BCUT2D eigenvalue weighted by Crippen LogP contribution is -2.29. The van der Waals surface area contributed by atoms with E-state index in [1.54, 1.807) is 11.8 Å². The van der Waals surface area contributed by atoms with Crippen LogP contribution in [0.15, 0.2) is 71.7 Å². The van der Waals surface area contributed by atoms with E-state index in [9.17, 15) is 4.79 Å². The summed E-state index contributed by atoms with van der Waals surface area (Å²) in [7, 11) is 0. The number of rotatable bonds is 9. The van der Waals surface area contributed by atoms with Crippen LogP contribution in [0.5, 0.6) is 0 Å². The van der Waals surface area contributed by atoms with Crippen molar-refractivity contribution in [2.24, 2.45) is 5.92 Å². The monoisotopic (exact) mass is 328 g/mol. The molecule has 0 heterocycles. The van der Waals surface area contributed by atoms with Gasteiger partial charge in [-0.15, -0.1) is 11.8 Å². The van der Waals surface area contributed by atoms with Gasteiger partial charge < -0.3 is 0 Å². The lowest BCUT2D eigenvalue weighted by molar-refractivity contribution is -0.121. The molecule has 1 aromatic rings. The first-order valence-electron chi connectivity index (χ1n) is 7.98. The number of carbonyl (C=O) groups is 1. The molecule has 0 amide bonds. The van der Waals surface area contributed by atoms with Gasteiger partial charge in [-0.1, -0.05) is 54.7 Å². The highest BCUT2D eigenvalue weighted by atomic mass is 32.2. The third-order valence-electron chi connectivity index (χ3n) is 3.96. The highest BCUT2D eigenvalue weighted by Gasteiger charge is 2.30. The zero-order valence-corrected chi connectivity index (χ0v) is 15.6. The molecule has 0 radical (unpaired) electrons. The number of thioether (sulfide) groups is 1. The van der Waals surface area contributed by atoms with Crippen molar-refractivity contribution < 1.29 is 4.79 Å². The molecular formula is C21H28OS. The van der Waals surface area contributed by atoms with Crippen molar-refractivity contribution in [1.82, 2.24) is 0 Å². The Morgan fingerprint density at radius 1 is 1.26 bits per heavy atom. The van der Waals surface area contributed by atoms with Crippen molar-refractivity contribution in [2.45, 2.75) is 50.2 Å². The molecule has 0 aliphatic carbocycles. The smallest absolute Gasteiger partial charge is 0.149 e. The number of benzene rings is 1. The van der Waals surface area contributed by atoms with Gasteiger partial charge in [0.1, 0.15) is 5.78 Å². The second-order valence-electron chi connectivity index (χ2n) is 6.48. The van der Waals surface area contributed by atoms with Crippen molar-refractivity contribution in [2.75, 3.05) is 0 Å². The van der Waals surface area contributed by atoms with Gasteiger partial charge in [-0.05, 0) is 52.2 Å². The molecule has 0 N–H and O–H groups in total. The van der Waals surface area contributed by atoms with Gasteiger partial charge in [0.15, 0.2) is 0 Å². The topological polar surface area (TPSA) is 17.1 Å². The summed E-state index contributed by atoms with van der Waals surface area (Å²) in [5.41, 5.74) is 2.20. The minimum absolute atomic E-state index is 0.188. The molecule has 2 heteroatoms. The second kappa shape index (κ2) is 8.93. The number of hydrogen-bond donors (Lipinski definition) is 0. The Morgan fingerprint density at radius 3 is 2.39 bits per heavy atom.